The molecular weight excluding hydrogens is 242 g/mol. The van der Waals surface area contributed by atoms with Crippen LogP contribution < -0.4 is 0 Å². The lowest BCUT2D eigenvalue weighted by Gasteiger charge is -2.04. The zero-order valence-electron chi connectivity index (χ0n) is 6.40. The van der Waals surface area contributed by atoms with Gasteiger partial charge in [0.25, 0.3) is 11.7 Å². The van der Waals surface area contributed by atoms with Gasteiger partial charge in [0, 0.05) is 6.07 Å². The van der Waals surface area contributed by atoms with Crippen molar-refractivity contribution in [2.45, 2.75) is 6.43 Å². The van der Waals surface area contributed by atoms with Gasteiger partial charge in [0.15, 0.2) is 0 Å². The van der Waals surface area contributed by atoms with Gasteiger partial charge in [-0.05, 0) is 11.6 Å². The van der Waals surface area contributed by atoms with Crippen LogP contribution in [-0.4, -0.2) is 10.2 Å². The highest BCUT2D eigenvalue weighted by molar-refractivity contribution is 6.67. The Morgan fingerprint density at radius 2 is 2.07 bits per heavy atom. The molecule has 1 rings (SSSR count). The molecule has 0 amide bonds. The van der Waals surface area contributed by atoms with E-state index in [0.717, 1.165) is 0 Å². The number of hydrogen-bond donors (Lipinski definition) is 0. The molecule has 14 heavy (non-hydrogen) atoms. The van der Waals surface area contributed by atoms with Crippen LogP contribution in [0.1, 0.15) is 22.5 Å². The van der Waals surface area contributed by atoms with Gasteiger partial charge in [0.2, 0.25) is 0 Å². The van der Waals surface area contributed by atoms with Crippen LogP contribution in [-0.2, 0) is 0 Å². The predicted molar refractivity (Wildman–Crippen MR) is 44.3 cm³/mol. The standard InChI is InChI=1S/C7H2Cl2F3NO/c8-5-4(7(11)12)2(10)1-3(13-5)6(9)14/h1,7H. The lowest BCUT2D eigenvalue weighted by atomic mass is 10.2. The fourth-order valence-corrected chi connectivity index (χ4v) is 1.15. The Morgan fingerprint density at radius 1 is 1.50 bits per heavy atom. The normalized spacial score (nSPS) is 10.7. The molecule has 76 valence electrons. The summed E-state index contributed by atoms with van der Waals surface area (Å²) in [6, 6.07) is 0.517. The second-order valence-electron chi connectivity index (χ2n) is 2.27. The van der Waals surface area contributed by atoms with Crippen molar-refractivity contribution in [1.82, 2.24) is 4.98 Å². The van der Waals surface area contributed by atoms with Crippen molar-refractivity contribution in [2.24, 2.45) is 0 Å². The van der Waals surface area contributed by atoms with Gasteiger partial charge in [-0.25, -0.2) is 18.2 Å². The molecular formula is C7H2Cl2F3NO. The first-order valence-electron chi connectivity index (χ1n) is 3.27. The average Bonchev–Trinajstić information content (AvgIpc) is 2.01. The summed E-state index contributed by atoms with van der Waals surface area (Å²) in [5, 5.41) is -1.82. The van der Waals surface area contributed by atoms with E-state index in [1.807, 2.05) is 0 Å². The highest BCUT2D eigenvalue weighted by atomic mass is 35.5. The molecule has 0 bridgehead atoms. The number of nitrogens with zero attached hydrogens (tertiary/aromatic N) is 1. The number of carbonyl (C=O) groups is 1. The van der Waals surface area contributed by atoms with Gasteiger partial charge >= 0.3 is 0 Å². The summed E-state index contributed by atoms with van der Waals surface area (Å²) < 4.78 is 37.2. The Labute approximate surface area is 86.6 Å². The van der Waals surface area contributed by atoms with E-state index in [1.165, 1.54) is 0 Å². The molecule has 0 aliphatic heterocycles. The van der Waals surface area contributed by atoms with Gasteiger partial charge < -0.3 is 0 Å². The summed E-state index contributed by atoms with van der Waals surface area (Å²) in [5.41, 5.74) is -1.54. The number of alkyl halides is 2. The van der Waals surface area contributed by atoms with Crippen molar-refractivity contribution in [3.8, 4) is 0 Å². The third-order valence-electron chi connectivity index (χ3n) is 1.38. The van der Waals surface area contributed by atoms with E-state index < -0.39 is 33.9 Å². The van der Waals surface area contributed by atoms with E-state index in [0.29, 0.717) is 6.07 Å². The highest BCUT2D eigenvalue weighted by Crippen LogP contribution is 2.28. The molecule has 1 heterocycles. The molecule has 0 saturated heterocycles. The third-order valence-corrected chi connectivity index (χ3v) is 1.86. The van der Waals surface area contributed by atoms with Crippen LogP contribution in [0.15, 0.2) is 6.07 Å². The van der Waals surface area contributed by atoms with Crippen LogP contribution in [0.2, 0.25) is 5.15 Å². The minimum absolute atomic E-state index is 0.501. The molecule has 2 nitrogen and oxygen atoms in total. The number of halogens is 5. The van der Waals surface area contributed by atoms with Gasteiger partial charge in [-0.15, -0.1) is 0 Å². The molecule has 0 atom stereocenters. The minimum atomic E-state index is -3.09. The highest BCUT2D eigenvalue weighted by Gasteiger charge is 2.21. The molecule has 1 aromatic heterocycles. The van der Waals surface area contributed by atoms with Gasteiger partial charge in [0.1, 0.15) is 16.7 Å². The average molecular weight is 244 g/mol. The first-order chi connectivity index (χ1) is 6.43. The number of pyridine rings is 1. The lowest BCUT2D eigenvalue weighted by Crippen LogP contribution is -2.01. The summed E-state index contributed by atoms with van der Waals surface area (Å²) in [4.78, 5) is 13.7. The maximum Gasteiger partial charge on any atom is 0.270 e. The van der Waals surface area contributed by atoms with E-state index in [9.17, 15) is 18.0 Å². The summed E-state index contributed by atoms with van der Waals surface area (Å²) in [6.45, 7) is 0. The van der Waals surface area contributed by atoms with Crippen LogP contribution in [0.5, 0.6) is 0 Å². The molecule has 0 spiro atoms. The van der Waals surface area contributed by atoms with Crippen LogP contribution in [0.3, 0.4) is 0 Å². The molecule has 1 aromatic rings. The van der Waals surface area contributed by atoms with Gasteiger partial charge in [-0.3, -0.25) is 4.79 Å². The van der Waals surface area contributed by atoms with E-state index in [4.69, 9.17) is 23.2 Å². The third kappa shape index (κ3) is 2.16. The van der Waals surface area contributed by atoms with Crippen LogP contribution in [0.4, 0.5) is 13.2 Å². The minimum Gasteiger partial charge on any atom is -0.274 e. The van der Waals surface area contributed by atoms with Gasteiger partial charge in [-0.2, -0.15) is 0 Å². The number of hydrogen-bond acceptors (Lipinski definition) is 2. The van der Waals surface area contributed by atoms with Crippen molar-refractivity contribution in [3.05, 3.63) is 28.3 Å². The van der Waals surface area contributed by atoms with Crippen molar-refractivity contribution in [2.75, 3.05) is 0 Å². The number of carbonyl (C=O) groups excluding carboxylic acids is 1. The van der Waals surface area contributed by atoms with Crippen LogP contribution in [0.25, 0.3) is 0 Å². The lowest BCUT2D eigenvalue weighted by molar-refractivity contribution is 0.107. The van der Waals surface area contributed by atoms with Crippen molar-refractivity contribution in [3.63, 3.8) is 0 Å². The summed E-state index contributed by atoms with van der Waals surface area (Å²) in [7, 11) is 0. The molecule has 0 N–H and O–H groups in total. The molecule has 0 unspecified atom stereocenters. The number of rotatable bonds is 2. The summed E-state index contributed by atoms with van der Waals surface area (Å²) >= 11 is 10.2. The van der Waals surface area contributed by atoms with Gasteiger partial charge in [0.05, 0.1) is 5.56 Å². The maximum absolute atomic E-state index is 12.9. The van der Waals surface area contributed by atoms with E-state index in [-0.39, 0.29) is 0 Å². The molecule has 0 aromatic carbocycles. The van der Waals surface area contributed by atoms with E-state index in [2.05, 4.69) is 4.98 Å². The Balaban J connectivity index is 3.32. The molecule has 0 saturated carbocycles. The van der Waals surface area contributed by atoms with Crippen LogP contribution in [0, 0.1) is 5.82 Å². The van der Waals surface area contributed by atoms with Gasteiger partial charge in [-0.1, -0.05) is 11.6 Å². The smallest absolute Gasteiger partial charge is 0.270 e. The Kier molecular flexibility index (Phi) is 3.34. The monoisotopic (exact) mass is 243 g/mol. The number of aromatic nitrogens is 1. The predicted octanol–water partition coefficient (Wildman–Crippen LogP) is 3.19. The first-order valence-corrected chi connectivity index (χ1v) is 4.03. The Bertz CT molecular complexity index is 360. The fourth-order valence-electron chi connectivity index (χ4n) is 0.790. The largest absolute Gasteiger partial charge is 0.274 e. The first kappa shape index (κ1) is 11.3. The van der Waals surface area contributed by atoms with Crippen molar-refractivity contribution in [1.29, 1.82) is 0 Å². The molecule has 0 aliphatic carbocycles. The Morgan fingerprint density at radius 3 is 2.43 bits per heavy atom. The van der Waals surface area contributed by atoms with Crippen LogP contribution >= 0.6 is 23.2 Å². The zero-order chi connectivity index (χ0) is 10.9. The molecule has 0 aliphatic rings. The second kappa shape index (κ2) is 4.14. The zero-order valence-corrected chi connectivity index (χ0v) is 7.91. The quantitative estimate of drug-likeness (QED) is 0.590. The van der Waals surface area contributed by atoms with E-state index in [1.54, 1.807) is 0 Å². The van der Waals surface area contributed by atoms with Crippen molar-refractivity contribution >= 4 is 28.4 Å². The Hall–Kier alpha value is -0.810. The molecule has 7 heteroatoms. The van der Waals surface area contributed by atoms with E-state index >= 15 is 0 Å². The summed E-state index contributed by atoms with van der Waals surface area (Å²) in [6.07, 6.45) is -3.09. The molecule has 0 fully saturated rings. The maximum atomic E-state index is 12.9. The summed E-state index contributed by atoms with van der Waals surface area (Å²) in [5.74, 6) is -1.30. The second-order valence-corrected chi connectivity index (χ2v) is 2.97. The topological polar surface area (TPSA) is 30.0 Å². The SMILES string of the molecule is O=C(Cl)c1cc(F)c(C(F)F)c(Cl)n1. The fraction of sp³-hybridized carbons (Fsp3) is 0.143. The molecule has 0 radical (unpaired) electrons. The van der Waals surface area contributed by atoms with Crippen molar-refractivity contribution < 1.29 is 18.0 Å².